The zero-order valence-electron chi connectivity index (χ0n) is 12.9. The van der Waals surface area contributed by atoms with Gasteiger partial charge in [-0.3, -0.25) is 0 Å². The normalized spacial score (nSPS) is 11.0. The quantitative estimate of drug-likeness (QED) is 0.517. The monoisotopic (exact) mass is 338 g/mol. The minimum absolute atomic E-state index is 0.655. The molecule has 0 bridgehead atoms. The molecule has 0 unspecified atom stereocenters. The van der Waals surface area contributed by atoms with Crippen molar-refractivity contribution in [2.45, 2.75) is 10.8 Å². The average Bonchev–Trinajstić information content (AvgIpc) is 3.29. The third-order valence-electron chi connectivity index (χ3n) is 3.53. The lowest BCUT2D eigenvalue weighted by Gasteiger charge is -2.06. The van der Waals surface area contributed by atoms with Crippen molar-refractivity contribution in [3.8, 4) is 17.1 Å². The number of benzene rings is 1. The standard InChI is InChI=1S/C17H14N4O2S/c1-22-14-7-3-2-6-13(14)17-19-18-15-8-9-16(20-21(15)17)24-11-12-5-4-10-23-12/h2-10H,11H2,1H3. The second-order valence-electron chi connectivity index (χ2n) is 5.03. The molecule has 0 spiro atoms. The van der Waals surface area contributed by atoms with Crippen molar-refractivity contribution in [3.05, 3.63) is 60.6 Å². The predicted octanol–water partition coefficient (Wildman–Crippen LogP) is 3.69. The van der Waals surface area contributed by atoms with Crippen LogP contribution in [0.3, 0.4) is 0 Å². The molecule has 0 atom stereocenters. The Bertz CT molecular complexity index is 966. The number of ether oxygens (including phenoxy) is 1. The van der Waals surface area contributed by atoms with Gasteiger partial charge < -0.3 is 9.15 Å². The Morgan fingerprint density at radius 2 is 2.00 bits per heavy atom. The minimum atomic E-state index is 0.655. The van der Waals surface area contributed by atoms with E-state index in [-0.39, 0.29) is 0 Å². The summed E-state index contributed by atoms with van der Waals surface area (Å²) in [5, 5.41) is 14.0. The summed E-state index contributed by atoms with van der Waals surface area (Å²) in [4.78, 5) is 0. The molecule has 0 saturated carbocycles. The van der Waals surface area contributed by atoms with Gasteiger partial charge in [-0.1, -0.05) is 23.9 Å². The van der Waals surface area contributed by atoms with Crippen molar-refractivity contribution < 1.29 is 9.15 Å². The molecule has 24 heavy (non-hydrogen) atoms. The molecule has 0 saturated heterocycles. The first-order valence-electron chi connectivity index (χ1n) is 7.36. The highest BCUT2D eigenvalue weighted by atomic mass is 32.2. The highest BCUT2D eigenvalue weighted by Gasteiger charge is 2.14. The van der Waals surface area contributed by atoms with Crippen molar-refractivity contribution in [1.82, 2.24) is 19.8 Å². The van der Waals surface area contributed by atoms with Crippen LogP contribution in [0.1, 0.15) is 5.76 Å². The number of nitrogens with zero attached hydrogens (tertiary/aromatic N) is 4. The maximum Gasteiger partial charge on any atom is 0.189 e. The molecule has 6 nitrogen and oxygen atoms in total. The van der Waals surface area contributed by atoms with Crippen molar-refractivity contribution in [3.63, 3.8) is 0 Å². The molecule has 0 amide bonds. The highest BCUT2D eigenvalue weighted by Crippen LogP contribution is 2.29. The topological polar surface area (TPSA) is 65.5 Å². The number of furan rings is 1. The van der Waals surface area contributed by atoms with Crippen LogP contribution < -0.4 is 4.74 Å². The fourth-order valence-corrected chi connectivity index (χ4v) is 3.14. The molecule has 0 radical (unpaired) electrons. The smallest absolute Gasteiger partial charge is 0.189 e. The van der Waals surface area contributed by atoms with E-state index in [9.17, 15) is 0 Å². The molecule has 0 N–H and O–H groups in total. The molecule has 0 aliphatic carbocycles. The van der Waals surface area contributed by atoms with E-state index >= 15 is 0 Å². The Hall–Kier alpha value is -2.80. The van der Waals surface area contributed by atoms with Gasteiger partial charge in [0.05, 0.1) is 24.7 Å². The summed E-state index contributed by atoms with van der Waals surface area (Å²) >= 11 is 1.60. The van der Waals surface area contributed by atoms with Gasteiger partial charge in [-0.2, -0.15) is 9.61 Å². The van der Waals surface area contributed by atoms with Gasteiger partial charge in [0.2, 0.25) is 0 Å². The van der Waals surface area contributed by atoms with Crippen LogP contribution in [0.15, 0.2) is 64.2 Å². The molecule has 0 aliphatic heterocycles. The van der Waals surface area contributed by atoms with Gasteiger partial charge in [0.25, 0.3) is 0 Å². The van der Waals surface area contributed by atoms with Crippen molar-refractivity contribution in [2.24, 2.45) is 0 Å². The molecule has 7 heteroatoms. The zero-order chi connectivity index (χ0) is 16.4. The molecule has 4 aromatic rings. The average molecular weight is 338 g/mol. The Kier molecular flexibility index (Phi) is 3.92. The van der Waals surface area contributed by atoms with Crippen LogP contribution in [0.25, 0.3) is 17.0 Å². The molecule has 4 rings (SSSR count). The van der Waals surface area contributed by atoms with E-state index < -0.39 is 0 Å². The fraction of sp³-hybridized carbons (Fsp3) is 0.118. The number of hydrogen-bond donors (Lipinski definition) is 0. The van der Waals surface area contributed by atoms with Crippen LogP contribution in [-0.4, -0.2) is 26.9 Å². The predicted molar refractivity (Wildman–Crippen MR) is 91.0 cm³/mol. The largest absolute Gasteiger partial charge is 0.496 e. The third kappa shape index (κ3) is 2.74. The van der Waals surface area contributed by atoms with Gasteiger partial charge in [0.1, 0.15) is 16.5 Å². The Labute approximate surface area is 142 Å². The van der Waals surface area contributed by atoms with E-state index in [2.05, 4.69) is 15.3 Å². The second-order valence-corrected chi connectivity index (χ2v) is 6.03. The van der Waals surface area contributed by atoms with E-state index in [1.54, 1.807) is 29.7 Å². The number of para-hydroxylation sites is 1. The summed E-state index contributed by atoms with van der Waals surface area (Å²) < 4.78 is 12.5. The molecular formula is C17H14N4O2S. The number of fused-ring (bicyclic) bond motifs is 1. The van der Waals surface area contributed by atoms with E-state index in [0.717, 1.165) is 27.9 Å². The number of rotatable bonds is 5. The van der Waals surface area contributed by atoms with Gasteiger partial charge in [-0.25, -0.2) is 0 Å². The van der Waals surface area contributed by atoms with E-state index in [1.807, 2.05) is 48.5 Å². The minimum Gasteiger partial charge on any atom is -0.496 e. The SMILES string of the molecule is COc1ccccc1-c1nnc2ccc(SCc3ccco3)nn12. The first kappa shape index (κ1) is 14.8. The molecular weight excluding hydrogens is 324 g/mol. The third-order valence-corrected chi connectivity index (χ3v) is 4.47. The van der Waals surface area contributed by atoms with Crippen LogP contribution in [-0.2, 0) is 5.75 Å². The van der Waals surface area contributed by atoms with Crippen LogP contribution in [0.4, 0.5) is 0 Å². The van der Waals surface area contributed by atoms with Crippen LogP contribution in [0.5, 0.6) is 5.75 Å². The summed E-state index contributed by atoms with van der Waals surface area (Å²) in [6.45, 7) is 0. The maximum absolute atomic E-state index is 5.42. The van der Waals surface area contributed by atoms with Crippen LogP contribution in [0.2, 0.25) is 0 Å². The summed E-state index contributed by atoms with van der Waals surface area (Å²) in [6, 6.07) is 15.4. The Morgan fingerprint density at radius 3 is 2.83 bits per heavy atom. The lowest BCUT2D eigenvalue weighted by atomic mass is 10.2. The van der Waals surface area contributed by atoms with Crippen LogP contribution in [0, 0.1) is 0 Å². The van der Waals surface area contributed by atoms with Gasteiger partial charge >= 0.3 is 0 Å². The second kappa shape index (κ2) is 6.37. The van der Waals surface area contributed by atoms with E-state index in [0.29, 0.717) is 11.5 Å². The molecule has 120 valence electrons. The number of thioether (sulfide) groups is 1. The molecule has 0 fully saturated rings. The van der Waals surface area contributed by atoms with Crippen molar-refractivity contribution in [1.29, 1.82) is 0 Å². The summed E-state index contributed by atoms with van der Waals surface area (Å²) in [7, 11) is 1.64. The van der Waals surface area contributed by atoms with Gasteiger partial charge in [0.15, 0.2) is 11.5 Å². The van der Waals surface area contributed by atoms with Crippen molar-refractivity contribution in [2.75, 3.05) is 7.11 Å². The number of methoxy groups -OCH3 is 1. The molecule has 3 heterocycles. The van der Waals surface area contributed by atoms with Crippen molar-refractivity contribution >= 4 is 17.4 Å². The molecule has 3 aromatic heterocycles. The van der Waals surface area contributed by atoms with Gasteiger partial charge in [-0.15, -0.1) is 10.2 Å². The summed E-state index contributed by atoms with van der Waals surface area (Å²) in [5.41, 5.74) is 1.55. The molecule has 0 aliphatic rings. The number of hydrogen-bond acceptors (Lipinski definition) is 6. The number of aromatic nitrogens is 4. The van der Waals surface area contributed by atoms with Gasteiger partial charge in [0, 0.05) is 0 Å². The van der Waals surface area contributed by atoms with E-state index in [4.69, 9.17) is 9.15 Å². The highest BCUT2D eigenvalue weighted by molar-refractivity contribution is 7.98. The van der Waals surface area contributed by atoms with E-state index in [1.165, 1.54) is 0 Å². The Morgan fingerprint density at radius 1 is 1.08 bits per heavy atom. The maximum atomic E-state index is 5.42. The Balaban J connectivity index is 1.71. The summed E-state index contributed by atoms with van der Waals surface area (Å²) in [6.07, 6.45) is 1.67. The molecule has 1 aromatic carbocycles. The first-order chi connectivity index (χ1) is 11.8. The summed E-state index contributed by atoms with van der Waals surface area (Å²) in [5.74, 6) is 3.03. The van der Waals surface area contributed by atoms with Gasteiger partial charge in [-0.05, 0) is 36.4 Å². The first-order valence-corrected chi connectivity index (χ1v) is 8.35. The lowest BCUT2D eigenvalue weighted by Crippen LogP contribution is -1.98. The lowest BCUT2D eigenvalue weighted by molar-refractivity contribution is 0.416. The fourth-order valence-electron chi connectivity index (χ4n) is 2.39. The zero-order valence-corrected chi connectivity index (χ0v) is 13.7. The van der Waals surface area contributed by atoms with Crippen LogP contribution >= 0.6 is 11.8 Å².